The average molecular weight is 281 g/mol. The fourth-order valence-electron chi connectivity index (χ4n) is 2.61. The summed E-state index contributed by atoms with van der Waals surface area (Å²) in [6.07, 6.45) is 1.19. The highest BCUT2D eigenvalue weighted by Gasteiger charge is 2.29. The van der Waals surface area contributed by atoms with Gasteiger partial charge in [-0.1, -0.05) is 13.0 Å². The highest BCUT2D eigenvalue weighted by atomic mass is 32.1. The van der Waals surface area contributed by atoms with Gasteiger partial charge in [0.1, 0.15) is 0 Å². The van der Waals surface area contributed by atoms with Gasteiger partial charge in [0.05, 0.1) is 13.1 Å². The van der Waals surface area contributed by atoms with Crippen molar-refractivity contribution >= 4 is 17.2 Å². The van der Waals surface area contributed by atoms with Crippen LogP contribution < -0.4 is 10.6 Å². The standard InChI is InChI=1S/C14H23N3OS/c1-14(5-6-15-10-14)11-17(2)9-13(18)16-8-12-4-3-7-19-12/h3-4,7,15H,5-6,8-11H2,1-2H3,(H,16,18). The normalized spacial score (nSPS) is 22.9. The molecule has 106 valence electrons. The van der Waals surface area contributed by atoms with E-state index in [-0.39, 0.29) is 5.91 Å². The number of hydrogen-bond donors (Lipinski definition) is 2. The summed E-state index contributed by atoms with van der Waals surface area (Å²) in [6, 6.07) is 4.05. The van der Waals surface area contributed by atoms with Gasteiger partial charge in [-0.05, 0) is 36.9 Å². The minimum absolute atomic E-state index is 0.102. The van der Waals surface area contributed by atoms with Crippen LogP contribution in [-0.2, 0) is 11.3 Å². The Morgan fingerprint density at radius 2 is 2.47 bits per heavy atom. The van der Waals surface area contributed by atoms with Gasteiger partial charge < -0.3 is 10.6 Å². The highest BCUT2D eigenvalue weighted by molar-refractivity contribution is 7.09. The van der Waals surface area contributed by atoms with Crippen LogP contribution in [0.1, 0.15) is 18.2 Å². The number of amides is 1. The summed E-state index contributed by atoms with van der Waals surface area (Å²) in [5.74, 6) is 0.102. The van der Waals surface area contributed by atoms with E-state index in [4.69, 9.17) is 0 Å². The van der Waals surface area contributed by atoms with Crippen LogP contribution in [-0.4, -0.2) is 44.0 Å². The van der Waals surface area contributed by atoms with E-state index in [9.17, 15) is 4.79 Å². The first-order valence-corrected chi connectivity index (χ1v) is 7.64. The number of nitrogens with one attached hydrogen (secondary N) is 2. The fourth-order valence-corrected chi connectivity index (χ4v) is 3.26. The molecule has 1 atom stereocenters. The van der Waals surface area contributed by atoms with Crippen LogP contribution in [0.15, 0.2) is 17.5 Å². The van der Waals surface area contributed by atoms with Gasteiger partial charge >= 0.3 is 0 Å². The van der Waals surface area contributed by atoms with Crippen molar-refractivity contribution in [3.05, 3.63) is 22.4 Å². The summed E-state index contributed by atoms with van der Waals surface area (Å²) < 4.78 is 0. The zero-order valence-electron chi connectivity index (χ0n) is 11.7. The summed E-state index contributed by atoms with van der Waals surface area (Å²) in [6.45, 7) is 6.51. The molecule has 1 unspecified atom stereocenters. The molecule has 1 aromatic rings. The first-order chi connectivity index (χ1) is 9.07. The molecule has 1 saturated heterocycles. The number of hydrogen-bond acceptors (Lipinski definition) is 4. The lowest BCUT2D eigenvalue weighted by Crippen LogP contribution is -2.40. The van der Waals surface area contributed by atoms with E-state index in [0.29, 0.717) is 18.5 Å². The van der Waals surface area contributed by atoms with Crippen molar-refractivity contribution < 1.29 is 4.79 Å². The molecule has 1 aliphatic heterocycles. The SMILES string of the molecule is CN(CC(=O)NCc1cccs1)CC1(C)CCNC1. The lowest BCUT2D eigenvalue weighted by molar-refractivity contribution is -0.122. The van der Waals surface area contributed by atoms with E-state index in [0.717, 1.165) is 19.6 Å². The van der Waals surface area contributed by atoms with Gasteiger partial charge in [0.2, 0.25) is 5.91 Å². The van der Waals surface area contributed by atoms with E-state index in [1.165, 1.54) is 11.3 Å². The monoisotopic (exact) mass is 281 g/mol. The lowest BCUT2D eigenvalue weighted by Gasteiger charge is -2.28. The van der Waals surface area contributed by atoms with Gasteiger partial charge in [0.25, 0.3) is 0 Å². The predicted octanol–water partition coefficient (Wildman–Crippen LogP) is 1.30. The maximum atomic E-state index is 11.9. The summed E-state index contributed by atoms with van der Waals surface area (Å²) in [7, 11) is 2.02. The molecule has 1 fully saturated rings. The van der Waals surface area contributed by atoms with Gasteiger partial charge in [-0.2, -0.15) is 0 Å². The largest absolute Gasteiger partial charge is 0.350 e. The molecule has 1 aromatic heterocycles. The summed E-state index contributed by atoms with van der Waals surface area (Å²) in [4.78, 5) is 15.2. The Hall–Kier alpha value is -0.910. The Kier molecular flexibility index (Phi) is 4.96. The van der Waals surface area contributed by atoms with Crippen molar-refractivity contribution in [1.29, 1.82) is 0 Å². The molecule has 2 rings (SSSR count). The number of carbonyl (C=O) groups is 1. The van der Waals surface area contributed by atoms with Crippen molar-refractivity contribution in [1.82, 2.24) is 15.5 Å². The Morgan fingerprint density at radius 1 is 1.63 bits per heavy atom. The van der Waals surface area contributed by atoms with E-state index in [1.807, 2.05) is 24.6 Å². The molecular weight excluding hydrogens is 258 g/mol. The lowest BCUT2D eigenvalue weighted by atomic mass is 9.89. The highest BCUT2D eigenvalue weighted by Crippen LogP contribution is 2.24. The molecular formula is C14H23N3OS. The maximum absolute atomic E-state index is 11.9. The third-order valence-corrected chi connectivity index (χ3v) is 4.44. The zero-order valence-corrected chi connectivity index (χ0v) is 12.6. The van der Waals surface area contributed by atoms with Crippen LogP contribution in [0.4, 0.5) is 0 Å². The molecule has 2 N–H and O–H groups in total. The van der Waals surface area contributed by atoms with Gasteiger partial charge in [-0.15, -0.1) is 11.3 Å². The Balaban J connectivity index is 1.69. The van der Waals surface area contributed by atoms with Gasteiger partial charge in [-0.25, -0.2) is 0 Å². The summed E-state index contributed by atoms with van der Waals surface area (Å²) >= 11 is 1.67. The van der Waals surface area contributed by atoms with Gasteiger partial charge in [0, 0.05) is 18.0 Å². The van der Waals surface area contributed by atoms with Crippen LogP contribution >= 0.6 is 11.3 Å². The number of likely N-dealkylation sites (N-methyl/N-ethyl adjacent to an activating group) is 1. The second-order valence-electron chi connectivity index (χ2n) is 5.77. The van der Waals surface area contributed by atoms with Crippen molar-refractivity contribution in [2.45, 2.75) is 19.9 Å². The number of carbonyl (C=O) groups excluding carboxylic acids is 1. The quantitative estimate of drug-likeness (QED) is 0.826. The molecule has 0 saturated carbocycles. The first-order valence-electron chi connectivity index (χ1n) is 6.76. The fraction of sp³-hybridized carbons (Fsp3) is 0.643. The second-order valence-corrected chi connectivity index (χ2v) is 6.80. The Bertz CT molecular complexity index is 399. The number of nitrogens with zero attached hydrogens (tertiary/aromatic N) is 1. The predicted molar refractivity (Wildman–Crippen MR) is 79.3 cm³/mol. The molecule has 0 aromatic carbocycles. The molecule has 1 amide bonds. The Labute approximate surface area is 119 Å². The third kappa shape index (κ3) is 4.60. The second kappa shape index (κ2) is 6.50. The van der Waals surface area contributed by atoms with Crippen molar-refractivity contribution in [2.24, 2.45) is 5.41 Å². The zero-order chi connectivity index (χ0) is 13.7. The van der Waals surface area contributed by atoms with E-state index in [2.05, 4.69) is 22.5 Å². The summed E-state index contributed by atoms with van der Waals surface area (Å²) in [5, 5.41) is 8.39. The van der Waals surface area contributed by atoms with Crippen LogP contribution in [0.5, 0.6) is 0 Å². The molecule has 4 nitrogen and oxygen atoms in total. The van der Waals surface area contributed by atoms with Crippen molar-refractivity contribution in [3.8, 4) is 0 Å². The summed E-state index contributed by atoms with van der Waals surface area (Å²) in [5.41, 5.74) is 0.308. The molecule has 5 heteroatoms. The molecule has 19 heavy (non-hydrogen) atoms. The number of rotatable bonds is 6. The molecule has 0 radical (unpaired) electrons. The van der Waals surface area contributed by atoms with Gasteiger partial charge in [-0.3, -0.25) is 9.69 Å². The molecule has 0 spiro atoms. The number of thiophene rings is 1. The van der Waals surface area contributed by atoms with Gasteiger partial charge in [0.15, 0.2) is 0 Å². The molecule has 1 aliphatic rings. The average Bonchev–Trinajstić information content (AvgIpc) is 2.97. The van der Waals surface area contributed by atoms with Crippen LogP contribution in [0.3, 0.4) is 0 Å². The smallest absolute Gasteiger partial charge is 0.234 e. The van der Waals surface area contributed by atoms with Crippen LogP contribution in [0.2, 0.25) is 0 Å². The Morgan fingerprint density at radius 3 is 3.11 bits per heavy atom. The molecule has 2 heterocycles. The van der Waals surface area contributed by atoms with E-state index in [1.54, 1.807) is 11.3 Å². The molecule has 0 bridgehead atoms. The minimum atomic E-state index is 0.102. The minimum Gasteiger partial charge on any atom is -0.350 e. The topological polar surface area (TPSA) is 44.4 Å². The first kappa shape index (κ1) is 14.5. The van der Waals surface area contributed by atoms with Crippen molar-refractivity contribution in [2.75, 3.05) is 33.2 Å². The van der Waals surface area contributed by atoms with Crippen LogP contribution in [0.25, 0.3) is 0 Å². The third-order valence-electron chi connectivity index (χ3n) is 3.56. The van der Waals surface area contributed by atoms with E-state index >= 15 is 0 Å². The molecule has 0 aliphatic carbocycles. The van der Waals surface area contributed by atoms with E-state index < -0.39 is 0 Å². The van der Waals surface area contributed by atoms with Crippen molar-refractivity contribution in [3.63, 3.8) is 0 Å². The maximum Gasteiger partial charge on any atom is 0.234 e. The van der Waals surface area contributed by atoms with Crippen LogP contribution in [0, 0.1) is 5.41 Å².